The number of benzene rings is 1. The van der Waals surface area contributed by atoms with E-state index in [0.717, 1.165) is 42.1 Å². The van der Waals surface area contributed by atoms with E-state index in [1.807, 2.05) is 24.3 Å². The number of rotatable bonds is 4. The van der Waals surface area contributed by atoms with Crippen LogP contribution in [0.15, 0.2) is 24.3 Å². The number of ether oxygens (including phenoxy) is 2. The van der Waals surface area contributed by atoms with E-state index in [9.17, 15) is 4.79 Å². The summed E-state index contributed by atoms with van der Waals surface area (Å²) in [4.78, 5) is 16.8. The van der Waals surface area contributed by atoms with Crippen molar-refractivity contribution >= 4 is 35.1 Å². The number of hydrogen-bond donors (Lipinski definition) is 2. The molecule has 0 atom stereocenters. The van der Waals surface area contributed by atoms with Crippen molar-refractivity contribution in [2.24, 2.45) is 0 Å². The minimum atomic E-state index is -0.437. The molecule has 1 aliphatic rings. The highest BCUT2D eigenvalue weighted by Gasteiger charge is 2.26. The van der Waals surface area contributed by atoms with Crippen LogP contribution in [0.4, 0.5) is 16.4 Å². The van der Waals surface area contributed by atoms with E-state index in [4.69, 9.17) is 21.7 Å². The van der Waals surface area contributed by atoms with E-state index in [2.05, 4.69) is 15.6 Å². The quantitative estimate of drug-likeness (QED) is 0.811. The standard InChI is InChI=1S/C17H20N4O3S/c1-3-24-17(22)21-14-6-4-5-13(14)19-15(21)20-16(25)18-11-7-9-12(23-2)10-8-11/h7-10H,3-6H2,1-2H3,(H2,18,19,20,25). The Morgan fingerprint density at radius 3 is 2.72 bits per heavy atom. The van der Waals surface area contributed by atoms with Gasteiger partial charge in [-0.3, -0.25) is 0 Å². The van der Waals surface area contributed by atoms with Crippen LogP contribution in [0.2, 0.25) is 0 Å². The molecule has 0 unspecified atom stereocenters. The number of thiocarbonyl (C=S) groups is 1. The summed E-state index contributed by atoms with van der Waals surface area (Å²) in [6.07, 6.45) is 2.22. The second-order valence-corrected chi connectivity index (χ2v) is 5.93. The van der Waals surface area contributed by atoms with Crippen molar-refractivity contribution in [3.63, 3.8) is 0 Å². The van der Waals surface area contributed by atoms with Crippen molar-refractivity contribution in [3.05, 3.63) is 35.7 Å². The van der Waals surface area contributed by atoms with Crippen LogP contribution in [0.5, 0.6) is 5.75 Å². The van der Waals surface area contributed by atoms with Crippen LogP contribution in [0.3, 0.4) is 0 Å². The maximum Gasteiger partial charge on any atom is 0.421 e. The highest BCUT2D eigenvalue weighted by Crippen LogP contribution is 2.26. The summed E-state index contributed by atoms with van der Waals surface area (Å²) in [5, 5.41) is 6.41. The number of anilines is 2. The Morgan fingerprint density at radius 1 is 1.28 bits per heavy atom. The van der Waals surface area contributed by atoms with Crippen molar-refractivity contribution < 1.29 is 14.3 Å². The van der Waals surface area contributed by atoms with E-state index in [-0.39, 0.29) is 0 Å². The Bertz CT molecular complexity index is 786. The van der Waals surface area contributed by atoms with Gasteiger partial charge < -0.3 is 20.1 Å². The lowest BCUT2D eigenvalue weighted by Crippen LogP contribution is -2.25. The lowest BCUT2D eigenvalue weighted by atomic mass is 10.3. The maximum atomic E-state index is 12.3. The number of nitrogens with one attached hydrogen (secondary N) is 2. The first-order valence-corrected chi connectivity index (χ1v) is 8.53. The molecule has 8 heteroatoms. The van der Waals surface area contributed by atoms with Crippen LogP contribution in [-0.2, 0) is 17.6 Å². The Balaban J connectivity index is 1.75. The number of methoxy groups -OCH3 is 1. The molecule has 25 heavy (non-hydrogen) atoms. The van der Waals surface area contributed by atoms with Gasteiger partial charge in [0.1, 0.15) is 5.75 Å². The molecular formula is C17H20N4O3S. The van der Waals surface area contributed by atoms with Gasteiger partial charge in [-0.25, -0.2) is 14.3 Å². The highest BCUT2D eigenvalue weighted by atomic mass is 32.1. The summed E-state index contributed by atoms with van der Waals surface area (Å²) < 4.78 is 11.8. The van der Waals surface area contributed by atoms with Crippen LogP contribution in [-0.4, -0.2) is 34.5 Å². The van der Waals surface area contributed by atoms with Gasteiger partial charge in [-0.05, 0) is 62.7 Å². The first-order valence-electron chi connectivity index (χ1n) is 8.12. The average Bonchev–Trinajstić information content (AvgIpc) is 3.16. The van der Waals surface area contributed by atoms with Gasteiger partial charge in [-0.1, -0.05) is 0 Å². The lowest BCUT2D eigenvalue weighted by Gasteiger charge is -2.13. The summed E-state index contributed by atoms with van der Waals surface area (Å²) in [6, 6.07) is 7.37. The zero-order valence-corrected chi connectivity index (χ0v) is 15.0. The number of nitrogens with zero attached hydrogens (tertiary/aromatic N) is 2. The Morgan fingerprint density at radius 2 is 2.04 bits per heavy atom. The molecule has 0 aliphatic heterocycles. The first kappa shape index (κ1) is 17.2. The molecule has 0 spiro atoms. The van der Waals surface area contributed by atoms with Gasteiger partial charge in [0, 0.05) is 5.69 Å². The number of aromatic nitrogens is 2. The molecule has 1 aliphatic carbocycles. The average molecular weight is 360 g/mol. The second kappa shape index (κ2) is 7.52. The largest absolute Gasteiger partial charge is 0.497 e. The zero-order chi connectivity index (χ0) is 17.8. The summed E-state index contributed by atoms with van der Waals surface area (Å²) in [6.45, 7) is 2.08. The predicted octanol–water partition coefficient (Wildman–Crippen LogP) is 3.19. The molecule has 7 nitrogen and oxygen atoms in total. The van der Waals surface area contributed by atoms with Gasteiger partial charge in [0.05, 0.1) is 25.1 Å². The Kier molecular flexibility index (Phi) is 5.18. The molecular weight excluding hydrogens is 340 g/mol. The van der Waals surface area contributed by atoms with Gasteiger partial charge in [-0.2, -0.15) is 0 Å². The fourth-order valence-electron chi connectivity index (χ4n) is 2.79. The van der Waals surface area contributed by atoms with E-state index in [1.165, 1.54) is 4.57 Å². The van der Waals surface area contributed by atoms with Crippen LogP contribution in [0.25, 0.3) is 0 Å². The number of hydrogen-bond acceptors (Lipinski definition) is 5. The molecule has 2 N–H and O–H groups in total. The van der Waals surface area contributed by atoms with Crippen molar-refractivity contribution in [3.8, 4) is 5.75 Å². The topological polar surface area (TPSA) is 77.4 Å². The second-order valence-electron chi connectivity index (χ2n) is 5.52. The molecule has 1 heterocycles. The van der Waals surface area contributed by atoms with Crippen molar-refractivity contribution in [2.45, 2.75) is 26.2 Å². The van der Waals surface area contributed by atoms with Gasteiger partial charge in [0.25, 0.3) is 0 Å². The molecule has 132 valence electrons. The molecule has 1 aromatic heterocycles. The fraction of sp³-hybridized carbons (Fsp3) is 0.353. The van der Waals surface area contributed by atoms with E-state index < -0.39 is 6.09 Å². The molecule has 0 amide bonds. The van der Waals surface area contributed by atoms with Gasteiger partial charge >= 0.3 is 6.09 Å². The lowest BCUT2D eigenvalue weighted by molar-refractivity contribution is 0.154. The molecule has 3 rings (SSSR count). The van der Waals surface area contributed by atoms with E-state index in [1.54, 1.807) is 14.0 Å². The Hall–Kier alpha value is -2.61. The summed E-state index contributed by atoms with van der Waals surface area (Å²) in [5.74, 6) is 1.15. The van der Waals surface area contributed by atoms with Gasteiger partial charge in [0.15, 0.2) is 5.11 Å². The molecule has 0 saturated heterocycles. The molecule has 0 bridgehead atoms. The van der Waals surface area contributed by atoms with Crippen LogP contribution in [0, 0.1) is 0 Å². The smallest absolute Gasteiger partial charge is 0.421 e. The molecule has 0 radical (unpaired) electrons. The third kappa shape index (κ3) is 3.74. The van der Waals surface area contributed by atoms with Crippen LogP contribution >= 0.6 is 12.2 Å². The fourth-order valence-corrected chi connectivity index (χ4v) is 2.99. The van der Waals surface area contributed by atoms with Crippen LogP contribution < -0.4 is 15.4 Å². The Labute approximate surface area is 151 Å². The summed E-state index contributed by atoms with van der Waals surface area (Å²) in [5.41, 5.74) is 2.62. The van der Waals surface area contributed by atoms with Gasteiger partial charge in [-0.15, -0.1) is 0 Å². The maximum absolute atomic E-state index is 12.3. The van der Waals surface area contributed by atoms with E-state index in [0.29, 0.717) is 17.7 Å². The van der Waals surface area contributed by atoms with E-state index >= 15 is 0 Å². The monoisotopic (exact) mass is 360 g/mol. The highest BCUT2D eigenvalue weighted by molar-refractivity contribution is 7.80. The minimum Gasteiger partial charge on any atom is -0.497 e. The predicted molar refractivity (Wildman–Crippen MR) is 99.5 cm³/mol. The van der Waals surface area contributed by atoms with Gasteiger partial charge in [0.2, 0.25) is 5.95 Å². The molecule has 1 aromatic carbocycles. The number of fused-ring (bicyclic) bond motifs is 1. The SMILES string of the molecule is CCOC(=O)n1c(NC(=S)Nc2ccc(OC)cc2)nc2c1CCC2. The number of aryl methyl sites for hydroxylation is 1. The molecule has 0 fully saturated rings. The van der Waals surface area contributed by atoms with Crippen molar-refractivity contribution in [1.29, 1.82) is 0 Å². The number of imidazole rings is 1. The number of carbonyl (C=O) groups excluding carboxylic acids is 1. The third-order valence-corrected chi connectivity index (χ3v) is 4.11. The zero-order valence-electron chi connectivity index (χ0n) is 14.2. The van der Waals surface area contributed by atoms with Crippen LogP contribution in [0.1, 0.15) is 24.7 Å². The summed E-state index contributed by atoms with van der Waals surface area (Å²) >= 11 is 5.34. The first-order chi connectivity index (χ1) is 12.1. The molecule has 0 saturated carbocycles. The summed E-state index contributed by atoms with van der Waals surface area (Å²) in [7, 11) is 1.61. The van der Waals surface area contributed by atoms with Crippen molar-refractivity contribution in [1.82, 2.24) is 9.55 Å². The molecule has 2 aromatic rings. The normalized spacial score (nSPS) is 12.4. The number of carbonyl (C=O) groups is 1. The third-order valence-electron chi connectivity index (χ3n) is 3.91. The minimum absolute atomic E-state index is 0.305. The van der Waals surface area contributed by atoms with Crippen molar-refractivity contribution in [2.75, 3.05) is 24.4 Å².